The maximum atomic E-state index is 12.2. The predicted octanol–water partition coefficient (Wildman–Crippen LogP) is 4.98. The second-order valence-corrected chi connectivity index (χ2v) is 6.81. The van der Waals surface area contributed by atoms with Crippen LogP contribution in [0.25, 0.3) is 0 Å². The molecule has 3 aromatic carbocycles. The molecule has 0 saturated heterocycles. The summed E-state index contributed by atoms with van der Waals surface area (Å²) in [5.74, 6) is 2.24. The minimum atomic E-state index is -0.124. The van der Waals surface area contributed by atoms with E-state index in [-0.39, 0.29) is 12.5 Å². The monoisotopic (exact) mass is 420 g/mol. The molecule has 0 saturated carbocycles. The van der Waals surface area contributed by atoms with E-state index in [1.165, 1.54) is 0 Å². The van der Waals surface area contributed by atoms with E-state index >= 15 is 0 Å². The fraction of sp³-hybridized carbons (Fsp3) is 0.240. The standard InChI is InChI=1S/C25H28N2O4/c1-2-16-29-23-14-10-21(11-15-23)27-25(28)19-26-20-8-12-24(13-9-20)31-18-17-30-22-6-4-3-5-7-22/h3-15,26H,2,16-19H2,1H3,(H,27,28). The molecule has 3 rings (SSSR count). The largest absolute Gasteiger partial charge is 0.494 e. The van der Waals surface area contributed by atoms with E-state index < -0.39 is 0 Å². The molecule has 0 aliphatic heterocycles. The number of nitrogens with one attached hydrogen (secondary N) is 2. The van der Waals surface area contributed by atoms with Gasteiger partial charge in [-0.1, -0.05) is 25.1 Å². The number of para-hydroxylation sites is 1. The van der Waals surface area contributed by atoms with E-state index in [0.717, 1.165) is 35.0 Å². The fourth-order valence-electron chi connectivity index (χ4n) is 2.75. The number of benzene rings is 3. The van der Waals surface area contributed by atoms with Crippen LogP contribution in [0.15, 0.2) is 78.9 Å². The van der Waals surface area contributed by atoms with E-state index in [1.807, 2.05) is 78.9 Å². The third-order valence-electron chi connectivity index (χ3n) is 4.28. The van der Waals surface area contributed by atoms with E-state index in [4.69, 9.17) is 14.2 Å². The molecule has 2 N–H and O–H groups in total. The van der Waals surface area contributed by atoms with Gasteiger partial charge in [0.15, 0.2) is 0 Å². The lowest BCUT2D eigenvalue weighted by atomic mass is 10.3. The molecule has 3 aromatic rings. The third-order valence-corrected chi connectivity index (χ3v) is 4.28. The summed E-state index contributed by atoms with van der Waals surface area (Å²) in [5.41, 5.74) is 1.57. The van der Waals surface area contributed by atoms with Crippen LogP contribution in [0.3, 0.4) is 0 Å². The Labute approximate surface area is 183 Å². The van der Waals surface area contributed by atoms with Crippen molar-refractivity contribution in [2.45, 2.75) is 13.3 Å². The number of anilines is 2. The van der Waals surface area contributed by atoms with Gasteiger partial charge in [0, 0.05) is 11.4 Å². The van der Waals surface area contributed by atoms with Crippen molar-refractivity contribution in [2.24, 2.45) is 0 Å². The van der Waals surface area contributed by atoms with Crippen molar-refractivity contribution in [3.63, 3.8) is 0 Å². The van der Waals surface area contributed by atoms with E-state index in [1.54, 1.807) is 0 Å². The number of carbonyl (C=O) groups is 1. The van der Waals surface area contributed by atoms with Crippen molar-refractivity contribution < 1.29 is 19.0 Å². The highest BCUT2D eigenvalue weighted by Crippen LogP contribution is 2.17. The van der Waals surface area contributed by atoms with Crippen molar-refractivity contribution in [3.05, 3.63) is 78.9 Å². The minimum Gasteiger partial charge on any atom is -0.494 e. The maximum absolute atomic E-state index is 12.2. The molecule has 0 bridgehead atoms. The molecular weight excluding hydrogens is 392 g/mol. The molecule has 0 fully saturated rings. The predicted molar refractivity (Wildman–Crippen MR) is 123 cm³/mol. The highest BCUT2D eigenvalue weighted by molar-refractivity contribution is 5.93. The first-order chi connectivity index (χ1) is 15.2. The van der Waals surface area contributed by atoms with Crippen LogP contribution >= 0.6 is 0 Å². The molecule has 1 amide bonds. The van der Waals surface area contributed by atoms with Gasteiger partial charge in [-0.05, 0) is 67.1 Å². The van der Waals surface area contributed by atoms with Crippen molar-refractivity contribution >= 4 is 17.3 Å². The van der Waals surface area contributed by atoms with Gasteiger partial charge in [-0.2, -0.15) is 0 Å². The molecule has 6 heteroatoms. The normalized spacial score (nSPS) is 10.2. The number of rotatable bonds is 12. The number of hydrogen-bond donors (Lipinski definition) is 2. The molecule has 0 atom stereocenters. The summed E-state index contributed by atoms with van der Waals surface area (Å²) in [5, 5.41) is 5.96. The molecule has 0 unspecified atom stereocenters. The lowest BCUT2D eigenvalue weighted by Crippen LogP contribution is -2.21. The van der Waals surface area contributed by atoms with Gasteiger partial charge < -0.3 is 24.8 Å². The molecule has 6 nitrogen and oxygen atoms in total. The van der Waals surface area contributed by atoms with Gasteiger partial charge in [0.1, 0.15) is 30.5 Å². The van der Waals surface area contributed by atoms with Gasteiger partial charge in [0.2, 0.25) is 5.91 Å². The van der Waals surface area contributed by atoms with Crippen LogP contribution < -0.4 is 24.8 Å². The molecule has 162 valence electrons. The van der Waals surface area contributed by atoms with Crippen LogP contribution in [0.1, 0.15) is 13.3 Å². The highest BCUT2D eigenvalue weighted by Gasteiger charge is 2.03. The first kappa shape index (κ1) is 22.0. The van der Waals surface area contributed by atoms with Crippen molar-refractivity contribution in [2.75, 3.05) is 37.0 Å². The Balaban J connectivity index is 1.35. The Morgan fingerprint density at radius 1 is 0.677 bits per heavy atom. The molecule has 0 aliphatic carbocycles. The molecule has 0 aliphatic rings. The van der Waals surface area contributed by atoms with Crippen LogP contribution in [0.2, 0.25) is 0 Å². The number of carbonyl (C=O) groups excluding carboxylic acids is 1. The van der Waals surface area contributed by atoms with Crippen molar-refractivity contribution in [1.29, 1.82) is 0 Å². The molecule has 31 heavy (non-hydrogen) atoms. The quantitative estimate of drug-likeness (QED) is 0.404. The first-order valence-electron chi connectivity index (χ1n) is 10.4. The fourth-order valence-corrected chi connectivity index (χ4v) is 2.75. The summed E-state index contributed by atoms with van der Waals surface area (Å²) < 4.78 is 16.8. The SMILES string of the molecule is CCCOc1ccc(NC(=O)CNc2ccc(OCCOc3ccccc3)cc2)cc1. The molecular formula is C25H28N2O4. The van der Waals surface area contributed by atoms with Crippen molar-refractivity contribution in [3.8, 4) is 17.2 Å². The zero-order valence-electron chi connectivity index (χ0n) is 17.7. The molecule has 0 radical (unpaired) electrons. The Kier molecular flexibility index (Phi) is 8.61. The van der Waals surface area contributed by atoms with Gasteiger partial charge in [0.25, 0.3) is 0 Å². The highest BCUT2D eigenvalue weighted by atomic mass is 16.5. The van der Waals surface area contributed by atoms with Crippen LogP contribution in [0, 0.1) is 0 Å². The van der Waals surface area contributed by atoms with Gasteiger partial charge >= 0.3 is 0 Å². The smallest absolute Gasteiger partial charge is 0.243 e. The summed E-state index contributed by atoms with van der Waals surface area (Å²) in [6.07, 6.45) is 0.958. The van der Waals surface area contributed by atoms with E-state index in [9.17, 15) is 4.79 Å². The summed E-state index contributed by atoms with van der Waals surface area (Å²) in [7, 11) is 0. The second-order valence-electron chi connectivity index (χ2n) is 6.81. The number of amides is 1. The summed E-state index contributed by atoms with van der Waals surface area (Å²) in [4.78, 5) is 12.2. The minimum absolute atomic E-state index is 0.124. The summed E-state index contributed by atoms with van der Waals surface area (Å²) in [6, 6.07) is 24.5. The van der Waals surface area contributed by atoms with Crippen LogP contribution in [-0.4, -0.2) is 32.3 Å². The summed E-state index contributed by atoms with van der Waals surface area (Å²) in [6.45, 7) is 3.83. The Morgan fingerprint density at radius 3 is 1.77 bits per heavy atom. The summed E-state index contributed by atoms with van der Waals surface area (Å²) >= 11 is 0. The Hall–Kier alpha value is -3.67. The average molecular weight is 421 g/mol. The van der Waals surface area contributed by atoms with Crippen LogP contribution in [0.5, 0.6) is 17.2 Å². The lowest BCUT2D eigenvalue weighted by Gasteiger charge is -2.11. The average Bonchev–Trinajstić information content (AvgIpc) is 2.81. The van der Waals surface area contributed by atoms with Crippen molar-refractivity contribution in [1.82, 2.24) is 0 Å². The second kappa shape index (κ2) is 12.1. The number of hydrogen-bond acceptors (Lipinski definition) is 5. The topological polar surface area (TPSA) is 68.8 Å². The zero-order chi connectivity index (χ0) is 21.7. The molecule has 0 aromatic heterocycles. The Bertz CT molecular complexity index is 913. The Morgan fingerprint density at radius 2 is 1.19 bits per heavy atom. The maximum Gasteiger partial charge on any atom is 0.243 e. The van der Waals surface area contributed by atoms with Gasteiger partial charge in [-0.25, -0.2) is 0 Å². The van der Waals surface area contributed by atoms with Gasteiger partial charge in [0.05, 0.1) is 13.2 Å². The first-order valence-corrected chi connectivity index (χ1v) is 10.4. The lowest BCUT2D eigenvalue weighted by molar-refractivity contribution is -0.114. The zero-order valence-corrected chi connectivity index (χ0v) is 17.7. The molecule has 0 spiro atoms. The van der Waals surface area contributed by atoms with Crippen LogP contribution in [0.4, 0.5) is 11.4 Å². The van der Waals surface area contributed by atoms with E-state index in [0.29, 0.717) is 19.8 Å². The van der Waals surface area contributed by atoms with E-state index in [2.05, 4.69) is 17.6 Å². The van der Waals surface area contributed by atoms with Crippen LogP contribution in [-0.2, 0) is 4.79 Å². The van der Waals surface area contributed by atoms with Gasteiger partial charge in [-0.3, -0.25) is 4.79 Å². The van der Waals surface area contributed by atoms with Gasteiger partial charge in [-0.15, -0.1) is 0 Å². The third kappa shape index (κ3) is 7.93. The molecule has 0 heterocycles. The number of ether oxygens (including phenoxy) is 3.